The van der Waals surface area contributed by atoms with E-state index < -0.39 is 63.1 Å². The van der Waals surface area contributed by atoms with Crippen LogP contribution in [0.2, 0.25) is 0 Å². The summed E-state index contributed by atoms with van der Waals surface area (Å²) in [6.45, 7) is 2.51. The van der Waals surface area contributed by atoms with Crippen LogP contribution < -0.4 is 20.1 Å². The molecule has 4 aromatic rings. The van der Waals surface area contributed by atoms with Gasteiger partial charge in [-0.3, -0.25) is 39.4 Å². The van der Waals surface area contributed by atoms with Crippen molar-refractivity contribution in [2.45, 2.75) is 36.5 Å². The Balaban J connectivity index is 0.000000413. The van der Waals surface area contributed by atoms with Crippen molar-refractivity contribution >= 4 is 138 Å². The summed E-state index contributed by atoms with van der Waals surface area (Å²) in [6.07, 6.45) is -0.712. The fourth-order valence-corrected chi connectivity index (χ4v) is 5.82. The van der Waals surface area contributed by atoms with E-state index in [1.807, 2.05) is 0 Å². The number of hydrogen-bond donors (Lipinski definition) is 2. The minimum Gasteiger partial charge on any atom is -0.744 e. The first kappa shape index (κ1) is 51.3. The van der Waals surface area contributed by atoms with Crippen LogP contribution in [0.4, 0.5) is 45.5 Å². The number of carbonyl (C=O) groups excluding carboxylic acids is 4. The number of amides is 2. The number of rotatable bonds is 16. The summed E-state index contributed by atoms with van der Waals surface area (Å²) in [5.74, 6) is -1.11. The van der Waals surface area contributed by atoms with E-state index >= 15 is 0 Å². The van der Waals surface area contributed by atoms with Gasteiger partial charge in [-0.1, -0.05) is 0 Å². The Hall–Kier alpha value is -5.85. The minimum atomic E-state index is -5.05. The molecule has 2 amide bonds. The van der Waals surface area contributed by atoms with Crippen LogP contribution >= 0.6 is 0 Å². The Labute approximate surface area is 385 Å². The number of ketones is 2. The molecule has 0 fully saturated rings. The average molecular weight is 1010 g/mol. The topological polar surface area (TPSA) is 361 Å². The maximum absolute atomic E-state index is 11.9. The van der Waals surface area contributed by atoms with Crippen molar-refractivity contribution < 1.29 is 64.4 Å². The largest absolute Gasteiger partial charge is 2.00 e. The average Bonchev–Trinajstić information content (AvgIpc) is 3.15. The summed E-state index contributed by atoms with van der Waals surface area (Å²) in [4.78, 5) is 64.1. The molecular formula is C34H30BaN8O16S2. The molecule has 0 bridgehead atoms. The van der Waals surface area contributed by atoms with Gasteiger partial charge in [0.2, 0.25) is 11.8 Å². The fourth-order valence-electron chi connectivity index (χ4n) is 4.57. The molecule has 4 rings (SSSR count). The van der Waals surface area contributed by atoms with E-state index in [9.17, 15) is 65.3 Å². The summed E-state index contributed by atoms with van der Waals surface area (Å²) >= 11 is 0. The summed E-state index contributed by atoms with van der Waals surface area (Å²) in [5.41, 5.74) is -1.49. The van der Waals surface area contributed by atoms with Crippen LogP contribution in [-0.4, -0.2) is 122 Å². The van der Waals surface area contributed by atoms with Crippen molar-refractivity contribution in [1.82, 2.24) is 0 Å². The summed E-state index contributed by atoms with van der Waals surface area (Å²) < 4.78 is 77.0. The Morgan fingerprint density at radius 2 is 0.934 bits per heavy atom. The third kappa shape index (κ3) is 15.9. The zero-order valence-corrected chi connectivity index (χ0v) is 38.2. The van der Waals surface area contributed by atoms with E-state index in [1.165, 1.54) is 64.5 Å². The zero-order chi connectivity index (χ0) is 44.9. The second-order valence-corrected chi connectivity index (χ2v) is 14.4. The number of methoxy groups -OCH3 is 2. The van der Waals surface area contributed by atoms with Crippen LogP contribution in [0, 0.1) is 20.2 Å². The smallest absolute Gasteiger partial charge is 0.744 e. The Bertz CT molecular complexity index is 2480. The number of nitrogens with one attached hydrogen (secondary N) is 2. The zero-order valence-electron chi connectivity index (χ0n) is 32.1. The van der Waals surface area contributed by atoms with E-state index in [-0.39, 0.29) is 107 Å². The van der Waals surface area contributed by atoms with E-state index in [1.54, 1.807) is 0 Å². The molecule has 0 aliphatic heterocycles. The van der Waals surface area contributed by atoms with E-state index in [0.29, 0.717) is 11.5 Å². The van der Waals surface area contributed by atoms with Crippen LogP contribution in [0.3, 0.4) is 0 Å². The molecule has 0 unspecified atom stereocenters. The molecule has 0 radical (unpaired) electrons. The van der Waals surface area contributed by atoms with Gasteiger partial charge in [-0.05, 0) is 62.4 Å². The summed E-state index contributed by atoms with van der Waals surface area (Å²) in [5, 5.41) is 42.5. The summed E-state index contributed by atoms with van der Waals surface area (Å²) in [6, 6.07) is 14.0. The molecule has 0 aliphatic carbocycles. The Morgan fingerprint density at radius 1 is 0.590 bits per heavy atom. The van der Waals surface area contributed by atoms with E-state index in [2.05, 4.69) is 31.1 Å². The third-order valence-electron chi connectivity index (χ3n) is 7.14. The van der Waals surface area contributed by atoms with Crippen LogP contribution in [0.15, 0.2) is 103 Å². The van der Waals surface area contributed by atoms with Crippen molar-refractivity contribution in [2.75, 3.05) is 24.9 Å². The maximum atomic E-state index is 11.9. The second-order valence-electron chi connectivity index (χ2n) is 11.7. The predicted octanol–water partition coefficient (Wildman–Crippen LogP) is 5.30. The van der Waals surface area contributed by atoms with E-state index in [0.717, 1.165) is 36.4 Å². The molecule has 0 aliphatic rings. The quantitative estimate of drug-likeness (QED) is 0.0359. The van der Waals surface area contributed by atoms with Gasteiger partial charge in [0, 0.05) is 24.3 Å². The van der Waals surface area contributed by atoms with Gasteiger partial charge < -0.3 is 29.2 Å². The van der Waals surface area contributed by atoms with Crippen molar-refractivity contribution in [3.05, 3.63) is 93.0 Å². The molecule has 0 atom stereocenters. The normalized spacial score (nSPS) is 11.1. The standard InChI is InChI=1S/2C17H16N4O8S.Ba/c2*1-10(22)7-17(23)18-14-9-12(29-2)4-5-13(14)20-19-11-3-6-16(30(26,27)28)15(8-11)21(24)25;/h2*3-6,8-9H,7H2,1-2H3,(H,18,23)(H,26,27,28);/q;;+2/p-2. The first-order valence-electron chi connectivity index (χ1n) is 16.3. The van der Waals surface area contributed by atoms with Gasteiger partial charge in [-0.2, -0.15) is 10.2 Å². The van der Waals surface area contributed by atoms with Gasteiger partial charge in [0.15, 0.2) is 0 Å². The molecule has 4 aromatic carbocycles. The van der Waals surface area contributed by atoms with E-state index in [4.69, 9.17) is 9.47 Å². The molecular weight excluding hydrogens is 978 g/mol. The number of nitrogens with zero attached hydrogens (tertiary/aromatic N) is 6. The number of anilines is 2. The molecule has 2 N–H and O–H groups in total. The van der Waals surface area contributed by atoms with Crippen LogP contribution in [0.1, 0.15) is 26.7 Å². The predicted molar refractivity (Wildman–Crippen MR) is 210 cm³/mol. The Morgan fingerprint density at radius 3 is 1.21 bits per heavy atom. The molecule has 316 valence electrons. The monoisotopic (exact) mass is 1010 g/mol. The second kappa shape index (κ2) is 22.7. The molecule has 0 heterocycles. The molecule has 0 saturated carbocycles. The van der Waals surface area contributed by atoms with Gasteiger partial charge >= 0.3 is 48.9 Å². The van der Waals surface area contributed by atoms with Crippen molar-refractivity contribution in [3.63, 3.8) is 0 Å². The number of Topliss-reactive ketones (excluding diaryl/α,β-unsaturated/α-hetero) is 2. The van der Waals surface area contributed by atoms with Gasteiger partial charge in [0.25, 0.3) is 11.4 Å². The molecule has 27 heteroatoms. The van der Waals surface area contributed by atoms with Gasteiger partial charge in [-0.15, -0.1) is 10.2 Å². The Kier molecular flexibility index (Phi) is 19.1. The van der Waals surface area contributed by atoms with Crippen molar-refractivity contribution in [1.29, 1.82) is 0 Å². The van der Waals surface area contributed by atoms with Crippen LogP contribution in [0.25, 0.3) is 0 Å². The number of nitro benzene ring substituents is 2. The molecule has 0 spiro atoms. The number of nitro groups is 2. The molecule has 61 heavy (non-hydrogen) atoms. The first-order valence-corrected chi connectivity index (χ1v) is 19.1. The number of azo groups is 2. The van der Waals surface area contributed by atoms with Crippen molar-refractivity contribution in [2.24, 2.45) is 20.5 Å². The van der Waals surface area contributed by atoms with Crippen molar-refractivity contribution in [3.8, 4) is 11.5 Å². The number of hydrogen-bond acceptors (Lipinski definition) is 20. The van der Waals surface area contributed by atoms with Gasteiger partial charge in [0.1, 0.15) is 64.5 Å². The van der Waals surface area contributed by atoms with Crippen LogP contribution in [-0.2, 0) is 39.4 Å². The maximum Gasteiger partial charge on any atom is 2.00 e. The minimum absolute atomic E-state index is 0. The number of carbonyl (C=O) groups is 4. The SMILES string of the molecule is COc1ccc(N=Nc2ccc(S(=O)(=O)[O-])c([N+](=O)[O-])c2)c(NC(=O)CC(C)=O)c1.COc1ccc(N=Nc2ccc(S(=O)(=O)[O-])c([N+](=O)[O-])c2)c(NC(=O)CC(C)=O)c1.[Ba+2]. The van der Waals surface area contributed by atoms with Gasteiger partial charge in [-0.25, -0.2) is 16.8 Å². The molecule has 24 nitrogen and oxygen atoms in total. The first-order chi connectivity index (χ1) is 28.0. The molecule has 0 aromatic heterocycles. The number of benzene rings is 4. The number of ether oxygens (including phenoxy) is 2. The third-order valence-corrected chi connectivity index (χ3v) is 8.91. The van der Waals surface area contributed by atoms with Crippen LogP contribution in [0.5, 0.6) is 11.5 Å². The molecule has 0 saturated heterocycles. The fraction of sp³-hybridized carbons (Fsp3) is 0.176. The summed E-state index contributed by atoms with van der Waals surface area (Å²) in [7, 11) is -7.30. The van der Waals surface area contributed by atoms with Gasteiger partial charge in [0.05, 0.1) is 59.7 Å².